The second-order valence-electron chi connectivity index (χ2n) is 3.67. The molecule has 0 aliphatic heterocycles. The largest absolute Gasteiger partial charge is 0.337 e. The molecule has 2 heterocycles. The van der Waals surface area contributed by atoms with Crippen LogP contribution in [-0.2, 0) is 13.0 Å². The summed E-state index contributed by atoms with van der Waals surface area (Å²) in [6.07, 6.45) is 2.76. The molecule has 0 fully saturated rings. The van der Waals surface area contributed by atoms with Gasteiger partial charge < -0.3 is 9.09 Å². The molecule has 6 heteroatoms. The number of hydrogen-bond donors (Lipinski definition) is 0. The van der Waals surface area contributed by atoms with E-state index in [0.29, 0.717) is 11.7 Å². The monoisotopic (exact) mass is 237 g/mol. The normalized spacial score (nSPS) is 10.7. The molecule has 0 amide bonds. The number of hydrogen-bond acceptors (Lipinski definition) is 4. The summed E-state index contributed by atoms with van der Waals surface area (Å²) < 4.78 is 19.1. The zero-order valence-corrected chi connectivity index (χ0v) is 9.39. The van der Waals surface area contributed by atoms with E-state index >= 15 is 0 Å². The number of nitrogens with zero attached hydrogens (tertiary/aromatic N) is 3. The molecule has 5 nitrogen and oxygen atoms in total. The Morgan fingerprint density at radius 3 is 3.06 bits per heavy atom. The predicted octanol–water partition coefficient (Wildman–Crippen LogP) is 1.37. The van der Waals surface area contributed by atoms with Crippen LogP contribution in [0.2, 0.25) is 0 Å². The number of aryl methyl sites for hydroxylation is 1. The molecule has 0 radical (unpaired) electrons. The van der Waals surface area contributed by atoms with Crippen molar-refractivity contribution in [2.75, 3.05) is 0 Å². The summed E-state index contributed by atoms with van der Waals surface area (Å²) in [5.74, 6) is 0.436. The van der Waals surface area contributed by atoms with Crippen molar-refractivity contribution in [3.63, 3.8) is 0 Å². The quantitative estimate of drug-likeness (QED) is 0.805. The summed E-state index contributed by atoms with van der Waals surface area (Å²) >= 11 is 0. The van der Waals surface area contributed by atoms with Gasteiger partial charge in [0.2, 0.25) is 5.89 Å². The van der Waals surface area contributed by atoms with E-state index in [1.165, 1.54) is 10.6 Å². The molecule has 90 valence electrons. The highest BCUT2D eigenvalue weighted by Crippen LogP contribution is 2.02. The van der Waals surface area contributed by atoms with E-state index in [-0.39, 0.29) is 12.1 Å². The first-order valence-corrected chi connectivity index (χ1v) is 5.36. The van der Waals surface area contributed by atoms with E-state index in [1.807, 2.05) is 6.92 Å². The van der Waals surface area contributed by atoms with Crippen LogP contribution < -0.4 is 5.56 Å². The third kappa shape index (κ3) is 2.77. The lowest BCUT2D eigenvalue weighted by molar-refractivity contribution is 0.363. The Bertz CT molecular complexity index is 562. The minimum absolute atomic E-state index is 0.0906. The van der Waals surface area contributed by atoms with Crippen molar-refractivity contribution in [2.24, 2.45) is 0 Å². The Labute approximate surface area is 96.9 Å². The van der Waals surface area contributed by atoms with Gasteiger partial charge in [-0.3, -0.25) is 4.79 Å². The Balaban J connectivity index is 2.19. The third-order valence-corrected chi connectivity index (χ3v) is 2.24. The maximum Gasteiger partial charge on any atom is 0.251 e. The maximum absolute atomic E-state index is 12.9. The molecule has 0 aliphatic rings. The van der Waals surface area contributed by atoms with Gasteiger partial charge in [-0.25, -0.2) is 4.39 Å². The molecule has 2 rings (SSSR count). The molecule has 0 N–H and O–H groups in total. The van der Waals surface area contributed by atoms with Gasteiger partial charge >= 0.3 is 0 Å². The van der Waals surface area contributed by atoms with Gasteiger partial charge in [0.05, 0.1) is 0 Å². The topological polar surface area (TPSA) is 60.9 Å². The van der Waals surface area contributed by atoms with Crippen molar-refractivity contribution in [3.05, 3.63) is 46.2 Å². The number of halogens is 1. The summed E-state index contributed by atoms with van der Waals surface area (Å²) in [4.78, 5) is 15.5. The highest BCUT2D eigenvalue weighted by molar-refractivity contribution is 4.98. The minimum Gasteiger partial charge on any atom is -0.337 e. The van der Waals surface area contributed by atoms with Crippen LogP contribution in [-0.4, -0.2) is 14.7 Å². The summed E-state index contributed by atoms with van der Waals surface area (Å²) in [6, 6.07) is 2.29. The third-order valence-electron chi connectivity index (χ3n) is 2.24. The highest BCUT2D eigenvalue weighted by atomic mass is 19.1. The van der Waals surface area contributed by atoms with E-state index in [0.717, 1.165) is 25.1 Å². The SMILES string of the molecule is CCCc1noc(Cn2cc(F)ccc2=O)n1. The zero-order valence-electron chi connectivity index (χ0n) is 9.39. The molecular weight excluding hydrogens is 225 g/mol. The van der Waals surface area contributed by atoms with Crippen LogP contribution >= 0.6 is 0 Å². The van der Waals surface area contributed by atoms with Gasteiger partial charge in [0.15, 0.2) is 5.82 Å². The molecule has 17 heavy (non-hydrogen) atoms. The van der Waals surface area contributed by atoms with Crippen LogP contribution in [0.1, 0.15) is 25.1 Å². The van der Waals surface area contributed by atoms with Gasteiger partial charge in [-0.1, -0.05) is 12.1 Å². The number of rotatable bonds is 4. The molecule has 0 saturated carbocycles. The smallest absolute Gasteiger partial charge is 0.251 e. The van der Waals surface area contributed by atoms with Crippen LogP contribution in [0.4, 0.5) is 4.39 Å². The van der Waals surface area contributed by atoms with Gasteiger partial charge in [0, 0.05) is 18.7 Å². The van der Waals surface area contributed by atoms with Crippen molar-refractivity contribution in [1.82, 2.24) is 14.7 Å². The first-order valence-electron chi connectivity index (χ1n) is 5.36. The van der Waals surface area contributed by atoms with Crippen LogP contribution in [0.15, 0.2) is 27.6 Å². The van der Waals surface area contributed by atoms with E-state index < -0.39 is 5.82 Å². The molecule has 0 aliphatic carbocycles. The number of pyridine rings is 1. The fourth-order valence-corrected chi connectivity index (χ4v) is 1.45. The molecule has 2 aromatic heterocycles. The Morgan fingerprint density at radius 1 is 1.47 bits per heavy atom. The number of aromatic nitrogens is 3. The summed E-state index contributed by atoms with van der Waals surface area (Å²) in [7, 11) is 0. The first kappa shape index (κ1) is 11.5. The van der Waals surface area contributed by atoms with Gasteiger partial charge in [-0.05, 0) is 12.5 Å². The molecule has 2 aromatic rings. The van der Waals surface area contributed by atoms with Crippen molar-refractivity contribution in [1.29, 1.82) is 0 Å². The summed E-state index contributed by atoms with van der Waals surface area (Å²) in [6.45, 7) is 2.10. The molecule has 0 bridgehead atoms. The van der Waals surface area contributed by atoms with Gasteiger partial charge in [0.25, 0.3) is 5.56 Å². The Hall–Kier alpha value is -1.98. The summed E-state index contributed by atoms with van der Waals surface area (Å²) in [5.41, 5.74) is -0.304. The van der Waals surface area contributed by atoms with Gasteiger partial charge in [-0.15, -0.1) is 0 Å². The van der Waals surface area contributed by atoms with Gasteiger partial charge in [0.1, 0.15) is 12.4 Å². The lowest BCUT2D eigenvalue weighted by Gasteiger charge is -2.00. The van der Waals surface area contributed by atoms with Crippen LogP contribution in [0.25, 0.3) is 0 Å². The fraction of sp³-hybridized carbons (Fsp3) is 0.364. The van der Waals surface area contributed by atoms with Crippen LogP contribution in [0, 0.1) is 5.82 Å². The van der Waals surface area contributed by atoms with E-state index in [1.54, 1.807) is 0 Å². The lowest BCUT2D eigenvalue weighted by atomic mass is 10.3. The zero-order chi connectivity index (χ0) is 12.3. The lowest BCUT2D eigenvalue weighted by Crippen LogP contribution is -2.19. The second kappa shape index (κ2) is 4.90. The molecule has 0 atom stereocenters. The highest BCUT2D eigenvalue weighted by Gasteiger charge is 2.07. The minimum atomic E-state index is -0.474. The van der Waals surface area contributed by atoms with Gasteiger partial charge in [-0.2, -0.15) is 4.98 Å². The first-order chi connectivity index (χ1) is 8.19. The second-order valence-corrected chi connectivity index (χ2v) is 3.67. The van der Waals surface area contributed by atoms with Crippen molar-refractivity contribution in [3.8, 4) is 0 Å². The van der Waals surface area contributed by atoms with Crippen molar-refractivity contribution < 1.29 is 8.91 Å². The predicted molar refractivity (Wildman–Crippen MR) is 58.1 cm³/mol. The Kier molecular flexibility index (Phi) is 3.32. The Morgan fingerprint density at radius 2 is 2.29 bits per heavy atom. The van der Waals surface area contributed by atoms with Crippen LogP contribution in [0.5, 0.6) is 0 Å². The molecule has 0 aromatic carbocycles. The maximum atomic E-state index is 12.9. The van der Waals surface area contributed by atoms with Crippen LogP contribution in [0.3, 0.4) is 0 Å². The molecule has 0 saturated heterocycles. The van der Waals surface area contributed by atoms with Crippen molar-refractivity contribution in [2.45, 2.75) is 26.3 Å². The van der Waals surface area contributed by atoms with E-state index in [4.69, 9.17) is 4.52 Å². The summed E-state index contributed by atoms with van der Waals surface area (Å²) in [5, 5.41) is 3.76. The fourth-order valence-electron chi connectivity index (χ4n) is 1.45. The molecule has 0 unspecified atom stereocenters. The van der Waals surface area contributed by atoms with Crippen molar-refractivity contribution >= 4 is 0 Å². The average molecular weight is 237 g/mol. The van der Waals surface area contributed by atoms with E-state index in [2.05, 4.69) is 10.1 Å². The molecular formula is C11H12FN3O2. The average Bonchev–Trinajstić information content (AvgIpc) is 2.72. The van der Waals surface area contributed by atoms with E-state index in [9.17, 15) is 9.18 Å². The standard InChI is InChI=1S/C11H12FN3O2/c1-2-3-9-13-10(17-14-9)7-15-6-8(12)4-5-11(15)16/h4-6H,2-3,7H2,1H3. The molecule has 0 spiro atoms.